The first-order valence-corrected chi connectivity index (χ1v) is 7.08. The third-order valence-electron chi connectivity index (χ3n) is 4.05. The van der Waals surface area contributed by atoms with Gasteiger partial charge in [0.05, 0.1) is 24.5 Å². The van der Waals surface area contributed by atoms with Crippen molar-refractivity contribution in [1.82, 2.24) is 19.5 Å². The van der Waals surface area contributed by atoms with Crippen LogP contribution in [0.4, 0.5) is 0 Å². The van der Waals surface area contributed by atoms with Crippen LogP contribution in [0.3, 0.4) is 0 Å². The molecule has 3 rings (SSSR count). The quantitative estimate of drug-likeness (QED) is 0.495. The maximum atomic E-state index is 10.2. The number of hydrogen-bond acceptors (Lipinski definition) is 5. The molecule has 2 N–H and O–H groups in total. The van der Waals surface area contributed by atoms with Gasteiger partial charge in [-0.15, -0.1) is 6.42 Å². The fourth-order valence-electron chi connectivity index (χ4n) is 2.83. The maximum Gasteiger partial charge on any atom is 0.225 e. The Bertz CT molecular complexity index is 742. The highest BCUT2D eigenvalue weighted by Gasteiger charge is 2.46. The van der Waals surface area contributed by atoms with Crippen molar-refractivity contribution >= 4 is 34.4 Å². The zero-order valence-corrected chi connectivity index (χ0v) is 12.4. The molecule has 0 spiro atoms. The number of hydrogen-bond donors (Lipinski definition) is 2. The fourth-order valence-corrected chi connectivity index (χ4v) is 3.25. The van der Waals surface area contributed by atoms with Gasteiger partial charge in [-0.1, -0.05) is 17.5 Å². The van der Waals surface area contributed by atoms with E-state index in [4.69, 9.17) is 29.6 Å². The average Bonchev–Trinajstić information content (AvgIpc) is 3.00. The molecule has 2 aromatic heterocycles. The molecule has 110 valence electrons. The van der Waals surface area contributed by atoms with E-state index in [0.717, 1.165) is 0 Å². The Labute approximate surface area is 130 Å². The van der Waals surface area contributed by atoms with Crippen LogP contribution in [0, 0.1) is 17.8 Å². The van der Waals surface area contributed by atoms with Crippen molar-refractivity contribution in [2.45, 2.75) is 25.0 Å². The number of fused-ring (bicyclic) bond motifs is 1. The second kappa shape index (κ2) is 5.11. The van der Waals surface area contributed by atoms with Gasteiger partial charge in [-0.05, 0) is 24.4 Å². The predicted molar refractivity (Wildman–Crippen MR) is 78.0 cm³/mol. The molecule has 0 aromatic carbocycles. The lowest BCUT2D eigenvalue weighted by atomic mass is 9.86. The van der Waals surface area contributed by atoms with E-state index in [1.807, 2.05) is 0 Å². The minimum absolute atomic E-state index is 0.0261. The lowest BCUT2D eigenvalue weighted by Crippen LogP contribution is -2.31. The second-order valence-corrected chi connectivity index (χ2v) is 5.87. The van der Waals surface area contributed by atoms with E-state index in [2.05, 4.69) is 20.9 Å². The number of halogens is 2. The summed E-state index contributed by atoms with van der Waals surface area (Å²) in [7, 11) is 0. The van der Waals surface area contributed by atoms with Crippen LogP contribution in [0.5, 0.6) is 0 Å². The van der Waals surface area contributed by atoms with Crippen LogP contribution in [-0.2, 0) is 0 Å². The van der Waals surface area contributed by atoms with Crippen LogP contribution in [-0.4, -0.2) is 42.4 Å². The summed E-state index contributed by atoms with van der Waals surface area (Å²) in [6.45, 7) is -0.274. The summed E-state index contributed by atoms with van der Waals surface area (Å²) in [6.07, 6.45) is 7.09. The number of rotatable bonds is 2. The maximum absolute atomic E-state index is 10.2. The molecule has 0 saturated heterocycles. The summed E-state index contributed by atoms with van der Waals surface area (Å²) in [5.41, 5.74) is -0.0114. The van der Waals surface area contributed by atoms with Crippen molar-refractivity contribution in [3.8, 4) is 12.3 Å². The predicted octanol–water partition coefficient (Wildman–Crippen LogP) is 1.44. The number of terminal acetylenes is 1. The van der Waals surface area contributed by atoms with E-state index in [1.54, 1.807) is 10.9 Å². The Kier molecular flexibility index (Phi) is 3.54. The van der Waals surface area contributed by atoms with Gasteiger partial charge in [0.25, 0.3) is 0 Å². The Hall–Kier alpha value is -1.39. The van der Waals surface area contributed by atoms with Crippen molar-refractivity contribution in [2.24, 2.45) is 5.41 Å². The minimum atomic E-state index is -0.943. The van der Waals surface area contributed by atoms with Gasteiger partial charge in [0.15, 0.2) is 10.8 Å². The number of aliphatic hydroxyl groups excluding tert-OH is 2. The lowest BCUT2D eigenvalue weighted by molar-refractivity contribution is 0.0475. The topological polar surface area (TPSA) is 84.1 Å². The standard InChI is InChI=1S/C13H12Cl2N4O2/c1-2-13(5-20)4-7(3-8(13)21)19-6-16-9-10(14)17-12(15)18-11(9)19/h1,6-8,20-21H,3-5H2/t7-,8-,13+/m0/s1. The van der Waals surface area contributed by atoms with Crippen LogP contribution < -0.4 is 0 Å². The monoisotopic (exact) mass is 326 g/mol. The van der Waals surface area contributed by atoms with E-state index in [9.17, 15) is 10.2 Å². The van der Waals surface area contributed by atoms with Crippen LogP contribution in [0.15, 0.2) is 6.33 Å². The van der Waals surface area contributed by atoms with E-state index in [0.29, 0.717) is 24.0 Å². The van der Waals surface area contributed by atoms with Gasteiger partial charge in [0.2, 0.25) is 5.28 Å². The Morgan fingerprint density at radius 2 is 2.24 bits per heavy atom. The van der Waals surface area contributed by atoms with E-state index in [-0.39, 0.29) is 23.1 Å². The molecule has 0 radical (unpaired) electrons. The van der Waals surface area contributed by atoms with Crippen molar-refractivity contribution in [1.29, 1.82) is 0 Å². The molecule has 21 heavy (non-hydrogen) atoms. The SMILES string of the molecule is C#C[C@]1(CO)C[C@@H](n2cnc3c(Cl)nc(Cl)nc32)C[C@@H]1O. The smallest absolute Gasteiger partial charge is 0.225 e. The highest BCUT2D eigenvalue weighted by molar-refractivity contribution is 6.35. The molecule has 6 nitrogen and oxygen atoms in total. The Morgan fingerprint density at radius 1 is 1.48 bits per heavy atom. The van der Waals surface area contributed by atoms with Crippen molar-refractivity contribution < 1.29 is 10.2 Å². The molecule has 0 amide bonds. The van der Waals surface area contributed by atoms with Crippen LogP contribution in [0.25, 0.3) is 11.2 Å². The van der Waals surface area contributed by atoms with Crippen molar-refractivity contribution in [3.63, 3.8) is 0 Å². The van der Waals surface area contributed by atoms with Gasteiger partial charge in [-0.2, -0.15) is 4.98 Å². The summed E-state index contributed by atoms with van der Waals surface area (Å²) < 4.78 is 1.77. The summed E-state index contributed by atoms with van der Waals surface area (Å²) in [6, 6.07) is -0.143. The fraction of sp³-hybridized carbons (Fsp3) is 0.462. The molecule has 0 unspecified atom stereocenters. The lowest BCUT2D eigenvalue weighted by Gasteiger charge is -2.23. The summed E-state index contributed by atoms with van der Waals surface area (Å²) in [4.78, 5) is 12.2. The highest BCUT2D eigenvalue weighted by Crippen LogP contribution is 2.44. The molecule has 0 bridgehead atoms. The zero-order chi connectivity index (χ0) is 15.2. The van der Waals surface area contributed by atoms with Crippen LogP contribution >= 0.6 is 23.2 Å². The van der Waals surface area contributed by atoms with Gasteiger partial charge in [-0.25, -0.2) is 9.97 Å². The highest BCUT2D eigenvalue weighted by atomic mass is 35.5. The first-order valence-electron chi connectivity index (χ1n) is 6.33. The molecular formula is C13H12Cl2N4O2. The molecule has 1 saturated carbocycles. The van der Waals surface area contributed by atoms with E-state index < -0.39 is 11.5 Å². The molecule has 3 atom stereocenters. The first kappa shape index (κ1) is 14.5. The van der Waals surface area contributed by atoms with Crippen LogP contribution in [0.1, 0.15) is 18.9 Å². The third-order valence-corrected chi connectivity index (χ3v) is 4.48. The number of aliphatic hydroxyl groups is 2. The summed E-state index contributed by atoms with van der Waals surface area (Å²) in [5, 5.41) is 19.9. The van der Waals surface area contributed by atoms with E-state index in [1.165, 1.54) is 0 Å². The summed E-state index contributed by atoms with van der Waals surface area (Å²) in [5.74, 6) is 2.52. The minimum Gasteiger partial charge on any atom is -0.395 e. The molecule has 1 fully saturated rings. The second-order valence-electron chi connectivity index (χ2n) is 5.18. The molecule has 2 heterocycles. The van der Waals surface area contributed by atoms with Crippen molar-refractivity contribution in [3.05, 3.63) is 16.8 Å². The zero-order valence-electron chi connectivity index (χ0n) is 10.9. The third kappa shape index (κ3) is 2.17. The Morgan fingerprint density at radius 3 is 2.86 bits per heavy atom. The number of nitrogens with zero attached hydrogens (tertiary/aromatic N) is 4. The van der Waals surface area contributed by atoms with E-state index >= 15 is 0 Å². The molecule has 8 heteroatoms. The van der Waals surface area contributed by atoms with Gasteiger partial charge in [-0.3, -0.25) is 0 Å². The number of aromatic nitrogens is 4. The molecular weight excluding hydrogens is 315 g/mol. The van der Waals surface area contributed by atoms with Gasteiger partial charge < -0.3 is 14.8 Å². The summed E-state index contributed by atoms with van der Waals surface area (Å²) >= 11 is 11.8. The van der Waals surface area contributed by atoms with Gasteiger partial charge >= 0.3 is 0 Å². The average molecular weight is 327 g/mol. The Balaban J connectivity index is 2.05. The molecule has 0 aliphatic heterocycles. The molecule has 1 aliphatic carbocycles. The van der Waals surface area contributed by atoms with Crippen LogP contribution in [0.2, 0.25) is 10.4 Å². The largest absolute Gasteiger partial charge is 0.395 e. The van der Waals surface area contributed by atoms with Gasteiger partial charge in [0.1, 0.15) is 5.52 Å². The molecule has 1 aliphatic rings. The first-order chi connectivity index (χ1) is 10.0. The van der Waals surface area contributed by atoms with Crippen molar-refractivity contribution in [2.75, 3.05) is 6.61 Å². The van der Waals surface area contributed by atoms with Gasteiger partial charge in [0, 0.05) is 6.04 Å². The number of imidazole rings is 1. The molecule has 2 aromatic rings. The normalized spacial score (nSPS) is 28.9.